The Morgan fingerprint density at radius 3 is 2.94 bits per heavy atom. The number of aromatic nitrogens is 4. The molecule has 0 atom stereocenters. The lowest BCUT2D eigenvalue weighted by Crippen LogP contribution is -2.10. The normalized spacial score (nSPS) is 10.4. The lowest BCUT2D eigenvalue weighted by molar-refractivity contribution is 0.872. The number of aryl methyl sites for hydroxylation is 1. The van der Waals surface area contributed by atoms with Gasteiger partial charge in [-0.25, -0.2) is 20.8 Å². The van der Waals surface area contributed by atoms with E-state index in [2.05, 4.69) is 32.3 Å². The van der Waals surface area contributed by atoms with Gasteiger partial charge in [0, 0.05) is 24.2 Å². The summed E-state index contributed by atoms with van der Waals surface area (Å²) < 4.78 is 0. The number of aromatic amines is 1. The second-order valence-electron chi connectivity index (χ2n) is 3.40. The molecule has 2 heterocycles. The van der Waals surface area contributed by atoms with Gasteiger partial charge in [0.15, 0.2) is 11.6 Å². The summed E-state index contributed by atoms with van der Waals surface area (Å²) in [6.45, 7) is 2.10. The zero-order valence-corrected chi connectivity index (χ0v) is 9.07. The van der Waals surface area contributed by atoms with E-state index in [1.54, 1.807) is 12.4 Å². The van der Waals surface area contributed by atoms with Gasteiger partial charge in [-0.3, -0.25) is 0 Å². The Hall–Kier alpha value is -1.95. The van der Waals surface area contributed by atoms with Gasteiger partial charge < -0.3 is 10.4 Å². The van der Waals surface area contributed by atoms with E-state index in [1.807, 2.05) is 6.07 Å². The van der Waals surface area contributed by atoms with E-state index in [4.69, 9.17) is 5.84 Å². The lowest BCUT2D eigenvalue weighted by atomic mass is 10.2. The summed E-state index contributed by atoms with van der Waals surface area (Å²) in [6.07, 6.45) is 5.32. The Morgan fingerprint density at radius 1 is 1.44 bits per heavy atom. The number of H-pyrrole nitrogens is 1. The van der Waals surface area contributed by atoms with Crippen molar-refractivity contribution in [2.75, 3.05) is 5.43 Å². The maximum atomic E-state index is 5.37. The number of hydrogen-bond acceptors (Lipinski definition) is 5. The molecule has 0 saturated heterocycles. The van der Waals surface area contributed by atoms with Gasteiger partial charge in [0.25, 0.3) is 0 Å². The first-order chi connectivity index (χ1) is 7.83. The van der Waals surface area contributed by atoms with Gasteiger partial charge in [-0.1, -0.05) is 13.3 Å². The van der Waals surface area contributed by atoms with Crippen molar-refractivity contribution >= 4 is 5.82 Å². The van der Waals surface area contributed by atoms with Gasteiger partial charge in [0.05, 0.1) is 0 Å². The highest BCUT2D eigenvalue weighted by molar-refractivity contribution is 5.48. The van der Waals surface area contributed by atoms with E-state index in [9.17, 15) is 0 Å². The fraction of sp³-hybridized carbons (Fsp3) is 0.300. The van der Waals surface area contributed by atoms with Crippen LogP contribution in [0.5, 0.6) is 0 Å². The van der Waals surface area contributed by atoms with Crippen molar-refractivity contribution < 1.29 is 0 Å². The number of nitrogen functional groups attached to an aromatic ring is 1. The van der Waals surface area contributed by atoms with Crippen LogP contribution in [-0.2, 0) is 6.42 Å². The molecule has 0 spiro atoms. The smallest absolute Gasteiger partial charge is 0.197 e. The molecule has 0 unspecified atom stereocenters. The van der Waals surface area contributed by atoms with Crippen LogP contribution in [-0.4, -0.2) is 19.9 Å². The van der Waals surface area contributed by atoms with Crippen LogP contribution < -0.4 is 11.3 Å². The molecular formula is C10H14N6. The minimum Gasteiger partial charge on any atom is -0.342 e. The third-order valence-electron chi connectivity index (χ3n) is 2.14. The third kappa shape index (κ3) is 2.17. The minimum absolute atomic E-state index is 0.559. The van der Waals surface area contributed by atoms with Crippen molar-refractivity contribution in [1.29, 1.82) is 0 Å². The van der Waals surface area contributed by atoms with Crippen LogP contribution in [0.15, 0.2) is 18.5 Å². The van der Waals surface area contributed by atoms with Gasteiger partial charge in [-0.05, 0) is 6.42 Å². The molecule has 0 aliphatic heterocycles. The molecule has 0 aliphatic carbocycles. The molecule has 4 N–H and O–H groups in total. The molecule has 0 aliphatic rings. The number of nitrogens with one attached hydrogen (secondary N) is 2. The van der Waals surface area contributed by atoms with Crippen LogP contribution in [0.1, 0.15) is 19.0 Å². The standard InChI is InChI=1S/C10H14N6/c1-2-3-7-6-8(16-11)15-10(14-7)9-12-4-5-13-9/h4-6H,2-3,11H2,1H3,(H,12,13)(H,14,15,16). The fourth-order valence-electron chi connectivity index (χ4n) is 1.45. The Labute approximate surface area is 93.3 Å². The van der Waals surface area contributed by atoms with E-state index in [0.29, 0.717) is 17.5 Å². The zero-order chi connectivity index (χ0) is 11.4. The molecule has 0 bridgehead atoms. The number of anilines is 1. The highest BCUT2D eigenvalue weighted by Gasteiger charge is 2.07. The average molecular weight is 218 g/mol. The molecule has 0 radical (unpaired) electrons. The van der Waals surface area contributed by atoms with Crippen molar-refractivity contribution in [3.8, 4) is 11.6 Å². The highest BCUT2D eigenvalue weighted by atomic mass is 15.3. The van der Waals surface area contributed by atoms with E-state index in [-0.39, 0.29) is 0 Å². The quantitative estimate of drug-likeness (QED) is 0.528. The summed E-state index contributed by atoms with van der Waals surface area (Å²) in [5.74, 6) is 7.17. The van der Waals surface area contributed by atoms with Gasteiger partial charge in [0.1, 0.15) is 5.82 Å². The second kappa shape index (κ2) is 4.71. The predicted octanol–water partition coefficient (Wildman–Crippen LogP) is 1.10. The van der Waals surface area contributed by atoms with Crippen molar-refractivity contribution in [3.63, 3.8) is 0 Å². The number of imidazole rings is 1. The number of hydrazine groups is 1. The SMILES string of the molecule is CCCc1cc(NN)nc(-c2ncc[nH]2)n1. The molecule has 0 fully saturated rings. The molecule has 2 aromatic heterocycles. The topological polar surface area (TPSA) is 92.5 Å². The summed E-state index contributed by atoms with van der Waals surface area (Å²) >= 11 is 0. The maximum Gasteiger partial charge on any atom is 0.197 e. The Morgan fingerprint density at radius 2 is 2.31 bits per heavy atom. The van der Waals surface area contributed by atoms with Crippen LogP contribution in [0.3, 0.4) is 0 Å². The Balaban J connectivity index is 2.41. The van der Waals surface area contributed by atoms with E-state index >= 15 is 0 Å². The van der Waals surface area contributed by atoms with Crippen molar-refractivity contribution in [2.45, 2.75) is 19.8 Å². The molecule has 6 nitrogen and oxygen atoms in total. The lowest BCUT2D eigenvalue weighted by Gasteiger charge is -2.05. The maximum absolute atomic E-state index is 5.37. The number of hydrogen-bond donors (Lipinski definition) is 3. The van der Waals surface area contributed by atoms with Gasteiger partial charge in [0.2, 0.25) is 0 Å². The van der Waals surface area contributed by atoms with Gasteiger partial charge in [-0.15, -0.1) is 0 Å². The number of nitrogens with zero attached hydrogens (tertiary/aromatic N) is 3. The molecule has 0 saturated carbocycles. The number of rotatable bonds is 4. The second-order valence-corrected chi connectivity index (χ2v) is 3.40. The highest BCUT2D eigenvalue weighted by Crippen LogP contribution is 2.14. The van der Waals surface area contributed by atoms with E-state index in [0.717, 1.165) is 18.5 Å². The molecule has 84 valence electrons. The molecule has 2 rings (SSSR count). The van der Waals surface area contributed by atoms with Crippen molar-refractivity contribution in [1.82, 2.24) is 19.9 Å². The van der Waals surface area contributed by atoms with Crippen LogP contribution in [0.2, 0.25) is 0 Å². The predicted molar refractivity (Wildman–Crippen MR) is 61.4 cm³/mol. The van der Waals surface area contributed by atoms with Gasteiger partial charge >= 0.3 is 0 Å². The fourth-order valence-corrected chi connectivity index (χ4v) is 1.45. The molecular weight excluding hydrogens is 204 g/mol. The largest absolute Gasteiger partial charge is 0.342 e. The van der Waals surface area contributed by atoms with Gasteiger partial charge in [-0.2, -0.15) is 0 Å². The molecule has 2 aromatic rings. The Bertz CT molecular complexity index is 450. The number of nitrogens with two attached hydrogens (primary N) is 1. The molecule has 0 aromatic carbocycles. The van der Waals surface area contributed by atoms with Crippen LogP contribution >= 0.6 is 0 Å². The van der Waals surface area contributed by atoms with Crippen molar-refractivity contribution in [3.05, 3.63) is 24.2 Å². The van der Waals surface area contributed by atoms with Crippen LogP contribution in [0.4, 0.5) is 5.82 Å². The van der Waals surface area contributed by atoms with Crippen molar-refractivity contribution in [2.24, 2.45) is 5.84 Å². The Kier molecular flexibility index (Phi) is 3.11. The summed E-state index contributed by atoms with van der Waals surface area (Å²) in [5, 5.41) is 0. The zero-order valence-electron chi connectivity index (χ0n) is 9.07. The monoisotopic (exact) mass is 218 g/mol. The minimum atomic E-state index is 0.559. The molecule has 6 heteroatoms. The van der Waals surface area contributed by atoms with E-state index < -0.39 is 0 Å². The first-order valence-electron chi connectivity index (χ1n) is 5.17. The summed E-state index contributed by atoms with van der Waals surface area (Å²) in [7, 11) is 0. The third-order valence-corrected chi connectivity index (χ3v) is 2.14. The summed E-state index contributed by atoms with van der Waals surface area (Å²) in [5.41, 5.74) is 3.49. The molecule has 16 heavy (non-hydrogen) atoms. The first-order valence-corrected chi connectivity index (χ1v) is 5.17. The molecule has 0 amide bonds. The summed E-state index contributed by atoms with van der Waals surface area (Å²) in [4.78, 5) is 15.7. The van der Waals surface area contributed by atoms with Crippen LogP contribution in [0, 0.1) is 0 Å². The van der Waals surface area contributed by atoms with E-state index in [1.165, 1.54) is 0 Å². The first kappa shape index (κ1) is 10.6. The average Bonchev–Trinajstić information content (AvgIpc) is 2.82. The summed E-state index contributed by atoms with van der Waals surface area (Å²) in [6, 6.07) is 1.84. The van der Waals surface area contributed by atoms with Crippen LogP contribution in [0.25, 0.3) is 11.6 Å².